The molecule has 0 aliphatic carbocycles. The van der Waals surface area contributed by atoms with Crippen LogP contribution in [0.2, 0.25) is 0 Å². The number of carbonyl (C=O) groups is 2. The van der Waals surface area contributed by atoms with Gasteiger partial charge >= 0.3 is 17.7 Å². The minimum absolute atomic E-state index is 0.0580. The van der Waals surface area contributed by atoms with Crippen molar-refractivity contribution in [1.29, 1.82) is 0 Å². The molecule has 1 N–H and O–H groups in total. The number of fused-ring (bicyclic) bond motifs is 3. The molecule has 0 radical (unpaired) electrons. The van der Waals surface area contributed by atoms with Gasteiger partial charge in [-0.3, -0.25) is 0 Å². The lowest BCUT2D eigenvalue weighted by atomic mass is 10.0. The number of esters is 1. The lowest BCUT2D eigenvalue weighted by Gasteiger charge is -2.19. The van der Waals surface area contributed by atoms with Gasteiger partial charge in [-0.2, -0.15) is 0 Å². The second-order valence-corrected chi connectivity index (χ2v) is 9.24. The molecule has 8 nitrogen and oxygen atoms in total. The van der Waals surface area contributed by atoms with Crippen molar-refractivity contribution in [3.8, 4) is 11.5 Å². The number of methoxy groups -OCH3 is 1. The molecule has 0 aliphatic heterocycles. The van der Waals surface area contributed by atoms with Crippen molar-refractivity contribution in [2.45, 2.75) is 26.0 Å². The molecule has 0 saturated carbocycles. The Labute approximate surface area is 230 Å². The quantitative estimate of drug-likeness (QED) is 0.117. The Morgan fingerprint density at radius 2 is 1.52 bits per heavy atom. The first kappa shape index (κ1) is 26.5. The zero-order valence-electron chi connectivity index (χ0n) is 22.0. The van der Waals surface area contributed by atoms with Gasteiger partial charge < -0.3 is 23.9 Å². The molecule has 0 aliphatic rings. The lowest BCUT2D eigenvalue weighted by Crippen LogP contribution is -2.44. The van der Waals surface area contributed by atoms with Crippen LogP contribution >= 0.6 is 0 Å². The van der Waals surface area contributed by atoms with Gasteiger partial charge in [0.2, 0.25) is 0 Å². The number of aryl methyl sites for hydroxylation is 1. The van der Waals surface area contributed by atoms with Gasteiger partial charge in [-0.05, 0) is 48.4 Å². The highest BCUT2D eigenvalue weighted by Crippen LogP contribution is 2.32. The summed E-state index contributed by atoms with van der Waals surface area (Å²) in [6, 6.07) is 26.0. The van der Waals surface area contributed by atoms with Crippen molar-refractivity contribution < 1.29 is 28.2 Å². The molecule has 0 fully saturated rings. The molecule has 8 heteroatoms. The van der Waals surface area contributed by atoms with Crippen LogP contribution < -0.4 is 20.4 Å². The first-order valence-corrected chi connectivity index (χ1v) is 12.7. The maximum absolute atomic E-state index is 13.4. The highest BCUT2D eigenvalue weighted by Gasteiger charge is 2.25. The number of nitrogens with one attached hydrogen (secondary N) is 1. The average molecular weight is 538 g/mol. The summed E-state index contributed by atoms with van der Waals surface area (Å²) in [4.78, 5) is 38.7. The van der Waals surface area contributed by atoms with Crippen molar-refractivity contribution in [1.82, 2.24) is 5.32 Å². The fraction of sp³-hybridized carbons (Fsp3) is 0.156. The minimum atomic E-state index is -1.03. The molecule has 0 bridgehead atoms. The van der Waals surface area contributed by atoms with E-state index in [9.17, 15) is 14.4 Å². The van der Waals surface area contributed by atoms with Crippen LogP contribution in [0.15, 0.2) is 100 Å². The van der Waals surface area contributed by atoms with E-state index < -0.39 is 23.7 Å². The van der Waals surface area contributed by atoms with E-state index in [-0.39, 0.29) is 18.8 Å². The van der Waals surface area contributed by atoms with Crippen molar-refractivity contribution in [2.75, 3.05) is 7.11 Å². The smallest absolute Gasteiger partial charge is 0.408 e. The third kappa shape index (κ3) is 5.81. The van der Waals surface area contributed by atoms with Gasteiger partial charge in [0.05, 0.1) is 12.5 Å². The SMILES string of the molecule is COc1ccc2c(c1)c(=O)oc1c(C)c(OC(=O)[C@H](Cc3ccccc3)NC(=O)OCc3ccccc3)ccc12. The Kier molecular flexibility index (Phi) is 7.77. The summed E-state index contributed by atoms with van der Waals surface area (Å²) >= 11 is 0. The Morgan fingerprint density at radius 1 is 0.850 bits per heavy atom. The predicted octanol–water partition coefficient (Wildman–Crippen LogP) is 5.71. The van der Waals surface area contributed by atoms with Crippen LogP contribution in [0.4, 0.5) is 4.79 Å². The van der Waals surface area contributed by atoms with Crippen molar-refractivity contribution in [2.24, 2.45) is 0 Å². The van der Waals surface area contributed by atoms with Gasteiger partial charge in [0.15, 0.2) is 0 Å². The molecular weight excluding hydrogens is 510 g/mol. The van der Waals surface area contributed by atoms with E-state index in [0.717, 1.165) is 11.1 Å². The molecule has 1 heterocycles. The standard InChI is InChI=1S/C32H27NO7/c1-20-28(16-15-25-24-14-13-23(37-2)18-26(24)30(34)40-29(20)25)39-31(35)27(17-21-9-5-3-6-10-21)33-32(36)38-19-22-11-7-4-8-12-22/h3-16,18,27H,17,19H2,1-2H3,(H,33,36)/t27-/m0/s1. The molecule has 1 aromatic heterocycles. The monoisotopic (exact) mass is 537 g/mol. The van der Waals surface area contributed by atoms with Crippen LogP contribution in [-0.2, 0) is 22.6 Å². The Morgan fingerprint density at radius 3 is 2.23 bits per heavy atom. The molecule has 0 saturated heterocycles. The Hall–Kier alpha value is -5.11. The largest absolute Gasteiger partial charge is 0.497 e. The molecule has 202 valence electrons. The number of alkyl carbamates (subject to hydrolysis) is 1. The Balaban J connectivity index is 1.40. The van der Waals surface area contributed by atoms with E-state index in [2.05, 4.69) is 5.32 Å². The highest BCUT2D eigenvalue weighted by molar-refractivity contribution is 6.06. The second kappa shape index (κ2) is 11.7. The summed E-state index contributed by atoms with van der Waals surface area (Å²) in [5.41, 5.74) is 1.90. The number of hydrogen-bond donors (Lipinski definition) is 1. The van der Waals surface area contributed by atoms with Crippen LogP contribution in [0, 0.1) is 6.92 Å². The van der Waals surface area contributed by atoms with Crippen LogP contribution in [-0.4, -0.2) is 25.2 Å². The normalized spacial score (nSPS) is 11.7. The maximum Gasteiger partial charge on any atom is 0.408 e. The number of benzene rings is 4. The molecule has 5 rings (SSSR count). The summed E-state index contributed by atoms with van der Waals surface area (Å²) in [5, 5.41) is 4.41. The first-order chi connectivity index (χ1) is 19.4. The van der Waals surface area contributed by atoms with Crippen LogP contribution in [0.5, 0.6) is 11.5 Å². The minimum Gasteiger partial charge on any atom is -0.497 e. The summed E-state index contributed by atoms with van der Waals surface area (Å²) in [7, 11) is 1.53. The van der Waals surface area contributed by atoms with E-state index in [1.807, 2.05) is 60.7 Å². The first-order valence-electron chi connectivity index (χ1n) is 12.7. The van der Waals surface area contributed by atoms with Crippen LogP contribution in [0.1, 0.15) is 16.7 Å². The predicted molar refractivity (Wildman–Crippen MR) is 151 cm³/mol. The number of amides is 1. The molecule has 0 spiro atoms. The van der Waals surface area contributed by atoms with Crippen LogP contribution in [0.3, 0.4) is 0 Å². The van der Waals surface area contributed by atoms with E-state index in [1.54, 1.807) is 37.3 Å². The molecule has 0 unspecified atom stereocenters. The summed E-state index contributed by atoms with van der Waals surface area (Å²) in [6.45, 7) is 1.76. The molecule has 4 aromatic carbocycles. The lowest BCUT2D eigenvalue weighted by molar-refractivity contribution is -0.136. The molecule has 1 atom stereocenters. The van der Waals surface area contributed by atoms with Gasteiger partial charge in [0.1, 0.15) is 29.7 Å². The topological polar surface area (TPSA) is 104 Å². The van der Waals surface area contributed by atoms with Gasteiger partial charge in [0, 0.05) is 22.8 Å². The molecular formula is C32H27NO7. The third-order valence-corrected chi connectivity index (χ3v) is 6.57. The molecule has 40 heavy (non-hydrogen) atoms. The van der Waals surface area contributed by atoms with E-state index in [4.69, 9.17) is 18.6 Å². The molecule has 1 amide bonds. The van der Waals surface area contributed by atoms with Gasteiger partial charge in [0.25, 0.3) is 0 Å². The van der Waals surface area contributed by atoms with Crippen LogP contribution in [0.25, 0.3) is 21.7 Å². The van der Waals surface area contributed by atoms with Crippen molar-refractivity contribution in [3.63, 3.8) is 0 Å². The number of rotatable bonds is 8. The Bertz CT molecular complexity index is 1730. The summed E-state index contributed by atoms with van der Waals surface area (Å²) in [6.07, 6.45) is -0.557. The molecule has 5 aromatic rings. The fourth-order valence-electron chi connectivity index (χ4n) is 4.46. The summed E-state index contributed by atoms with van der Waals surface area (Å²) < 4.78 is 21.9. The number of hydrogen-bond acceptors (Lipinski definition) is 7. The van der Waals surface area contributed by atoms with E-state index in [1.165, 1.54) is 7.11 Å². The average Bonchev–Trinajstić information content (AvgIpc) is 2.98. The fourth-order valence-corrected chi connectivity index (χ4v) is 4.46. The second-order valence-electron chi connectivity index (χ2n) is 9.24. The zero-order valence-corrected chi connectivity index (χ0v) is 22.0. The third-order valence-electron chi connectivity index (χ3n) is 6.57. The number of ether oxygens (including phenoxy) is 3. The number of carbonyl (C=O) groups excluding carboxylic acids is 2. The van der Waals surface area contributed by atoms with E-state index >= 15 is 0 Å². The zero-order chi connectivity index (χ0) is 28.1. The maximum atomic E-state index is 13.4. The van der Waals surface area contributed by atoms with E-state index in [0.29, 0.717) is 33.1 Å². The van der Waals surface area contributed by atoms with Gasteiger partial charge in [-0.1, -0.05) is 60.7 Å². The summed E-state index contributed by atoms with van der Waals surface area (Å²) in [5.74, 6) is 0.0718. The van der Waals surface area contributed by atoms with Crippen molar-refractivity contribution >= 4 is 33.8 Å². The van der Waals surface area contributed by atoms with Gasteiger partial charge in [-0.25, -0.2) is 14.4 Å². The van der Waals surface area contributed by atoms with Crippen molar-refractivity contribution in [3.05, 3.63) is 118 Å². The van der Waals surface area contributed by atoms with Gasteiger partial charge in [-0.15, -0.1) is 0 Å². The highest BCUT2D eigenvalue weighted by atomic mass is 16.6.